The maximum Gasteiger partial charge on any atom is 0.305 e. The van der Waals surface area contributed by atoms with Gasteiger partial charge in [-0.15, -0.1) is 0 Å². The van der Waals surface area contributed by atoms with Crippen LogP contribution in [0.5, 0.6) is 5.75 Å². The summed E-state index contributed by atoms with van der Waals surface area (Å²) in [5.74, 6) is 5.44. The van der Waals surface area contributed by atoms with Gasteiger partial charge in [-0.2, -0.15) is 0 Å². The zero-order valence-electron chi connectivity index (χ0n) is 24.9. The molecule has 0 saturated carbocycles. The topological polar surface area (TPSA) is 120 Å². The molecule has 2 heterocycles. The molecule has 9 nitrogen and oxygen atoms in total. The lowest BCUT2D eigenvalue weighted by Gasteiger charge is -2.33. The van der Waals surface area contributed by atoms with Crippen molar-refractivity contribution in [1.29, 1.82) is 0 Å². The number of hydrogen-bond acceptors (Lipinski definition) is 6. The van der Waals surface area contributed by atoms with E-state index in [0.29, 0.717) is 48.7 Å². The van der Waals surface area contributed by atoms with Gasteiger partial charge in [0.1, 0.15) is 19.0 Å². The maximum atomic E-state index is 13.2. The molecule has 1 aromatic carbocycles. The molecule has 2 amide bonds. The number of nitrogens with zero attached hydrogens (tertiary/aromatic N) is 2. The molecular weight excluding hydrogens is 551 g/mol. The highest BCUT2D eigenvalue weighted by molar-refractivity contribution is 5.86. The van der Waals surface area contributed by atoms with Gasteiger partial charge in [0.2, 0.25) is 11.8 Å². The number of aliphatic imine (C=N–C) groups is 1. The Labute approximate surface area is 253 Å². The van der Waals surface area contributed by atoms with Crippen molar-refractivity contribution >= 4 is 24.0 Å². The van der Waals surface area contributed by atoms with Gasteiger partial charge in [-0.3, -0.25) is 19.4 Å². The Bertz CT molecular complexity index is 1230. The fourth-order valence-corrected chi connectivity index (χ4v) is 5.14. The molecule has 2 atom stereocenters. The fraction of sp³-hybridized carbons (Fsp3) is 0.515. The molecule has 10 heteroatoms. The summed E-state index contributed by atoms with van der Waals surface area (Å²) >= 11 is 0. The van der Waals surface area contributed by atoms with Gasteiger partial charge in [0.25, 0.3) is 0 Å². The van der Waals surface area contributed by atoms with Gasteiger partial charge in [0, 0.05) is 43.1 Å². The average Bonchev–Trinajstić information content (AvgIpc) is 3.02. The molecule has 2 aliphatic heterocycles. The Balaban J connectivity index is 1.52. The fourth-order valence-electron chi connectivity index (χ4n) is 5.14. The van der Waals surface area contributed by atoms with Crippen LogP contribution in [0, 0.1) is 23.7 Å². The van der Waals surface area contributed by atoms with Crippen molar-refractivity contribution in [3.05, 3.63) is 53.8 Å². The van der Waals surface area contributed by atoms with Crippen LogP contribution < -0.4 is 15.4 Å². The van der Waals surface area contributed by atoms with Crippen molar-refractivity contribution in [3.8, 4) is 17.6 Å². The lowest BCUT2D eigenvalue weighted by atomic mass is 9.92. The van der Waals surface area contributed by atoms with E-state index in [2.05, 4.69) is 34.0 Å². The van der Waals surface area contributed by atoms with E-state index in [0.717, 1.165) is 44.3 Å². The Hall–Kier alpha value is -3.97. The van der Waals surface area contributed by atoms with E-state index >= 15 is 0 Å². The number of benzene rings is 1. The second-order valence-electron chi connectivity index (χ2n) is 11.0. The molecule has 0 aromatic heterocycles. The van der Waals surface area contributed by atoms with Crippen molar-refractivity contribution in [2.45, 2.75) is 57.9 Å². The molecule has 0 radical (unpaired) electrons. The predicted molar refractivity (Wildman–Crippen MR) is 164 cm³/mol. The first kappa shape index (κ1) is 33.5. The second-order valence-corrected chi connectivity index (χ2v) is 11.0. The lowest BCUT2D eigenvalue weighted by Crippen LogP contribution is -2.48. The molecule has 0 spiro atoms. The summed E-state index contributed by atoms with van der Waals surface area (Å²) in [5.41, 5.74) is 1.76. The molecule has 3 N–H and O–H groups in total. The number of piperidine rings is 2. The van der Waals surface area contributed by atoms with Gasteiger partial charge in [0.05, 0.1) is 18.4 Å². The Morgan fingerprint density at radius 2 is 2.00 bits per heavy atom. The number of carboxylic acids is 1. The number of aliphatic carboxylic acids is 1. The van der Waals surface area contributed by atoms with Crippen molar-refractivity contribution in [3.63, 3.8) is 0 Å². The van der Waals surface area contributed by atoms with Gasteiger partial charge in [-0.05, 0) is 87.9 Å². The molecule has 2 saturated heterocycles. The van der Waals surface area contributed by atoms with Crippen LogP contribution in [0.4, 0.5) is 4.39 Å². The minimum Gasteiger partial charge on any atom is -0.491 e. The zero-order valence-corrected chi connectivity index (χ0v) is 24.9. The molecule has 2 aliphatic rings. The van der Waals surface area contributed by atoms with Crippen LogP contribution in [0.25, 0.3) is 0 Å². The first-order chi connectivity index (χ1) is 20.7. The lowest BCUT2D eigenvalue weighted by molar-refractivity contribution is -0.137. The van der Waals surface area contributed by atoms with Gasteiger partial charge >= 0.3 is 5.97 Å². The number of ether oxygens (including phenoxy) is 1. The van der Waals surface area contributed by atoms with E-state index in [-0.39, 0.29) is 24.8 Å². The molecule has 0 unspecified atom stereocenters. The van der Waals surface area contributed by atoms with E-state index in [9.17, 15) is 23.9 Å². The van der Waals surface area contributed by atoms with Crippen molar-refractivity contribution in [2.75, 3.05) is 39.5 Å². The van der Waals surface area contributed by atoms with Gasteiger partial charge in [-0.25, -0.2) is 4.39 Å². The highest BCUT2D eigenvalue weighted by Crippen LogP contribution is 2.22. The standard InChI is InChI=1S/C33H43FN4O5/c1-24(5-6-26-7-10-29(11-8-26)43-19-15-34)21-36-22-25(2)30(20-32(40)41)37-33(42)28-4-3-18-38(23-28)31(39)12-9-27-13-16-35-17-14-27/h7-8,10-11,21-22,27-28,30,35H,2-4,9,12-20,23H2,1H3,(H,37,42)(H,40,41)/b24-21+,36-22-/t28-,30+/m1/s1. The molecular formula is C33H43FN4O5. The Kier molecular flexibility index (Phi) is 13.9. The third-order valence-corrected chi connectivity index (χ3v) is 7.63. The van der Waals surface area contributed by atoms with Gasteiger partial charge in [-0.1, -0.05) is 18.4 Å². The minimum atomic E-state index is -1.07. The summed E-state index contributed by atoms with van der Waals surface area (Å²) in [4.78, 5) is 43.6. The number of carboxylic acid groups (broad SMARTS) is 1. The number of carbonyl (C=O) groups excluding carboxylic acids is 2. The SMILES string of the molecule is C=C(/C=N\C=C(/C)C#Cc1ccc(OCCF)cc1)[C@H](CC(=O)O)NC(=O)[C@@H]1CCCN(C(=O)CCC2CCNCC2)C1. The quantitative estimate of drug-likeness (QED) is 0.236. The molecule has 1 aromatic rings. The summed E-state index contributed by atoms with van der Waals surface area (Å²) in [6.45, 7) is 8.15. The first-order valence-electron chi connectivity index (χ1n) is 15.0. The highest BCUT2D eigenvalue weighted by Gasteiger charge is 2.30. The van der Waals surface area contributed by atoms with Gasteiger partial charge < -0.3 is 25.4 Å². The van der Waals surface area contributed by atoms with E-state index < -0.39 is 24.6 Å². The van der Waals surface area contributed by atoms with Crippen LogP contribution in [0.1, 0.15) is 57.4 Å². The summed E-state index contributed by atoms with van der Waals surface area (Å²) in [6.07, 6.45) is 7.53. The summed E-state index contributed by atoms with van der Waals surface area (Å²) in [5, 5.41) is 15.6. The van der Waals surface area contributed by atoms with Crippen LogP contribution in [-0.4, -0.2) is 79.5 Å². The van der Waals surface area contributed by atoms with Crippen LogP contribution in [-0.2, 0) is 14.4 Å². The van der Waals surface area contributed by atoms with Crippen molar-refractivity contribution in [1.82, 2.24) is 15.5 Å². The third-order valence-electron chi connectivity index (χ3n) is 7.63. The number of amides is 2. The van der Waals surface area contributed by atoms with E-state index in [4.69, 9.17) is 4.74 Å². The predicted octanol–water partition coefficient (Wildman–Crippen LogP) is 3.90. The third kappa shape index (κ3) is 12.0. The monoisotopic (exact) mass is 594 g/mol. The van der Waals surface area contributed by atoms with Crippen molar-refractivity contribution in [2.24, 2.45) is 16.8 Å². The number of nitrogens with one attached hydrogen (secondary N) is 2. The first-order valence-corrected chi connectivity index (χ1v) is 15.0. The number of likely N-dealkylation sites (tertiary alicyclic amines) is 1. The number of carbonyl (C=O) groups is 3. The number of hydrogen-bond donors (Lipinski definition) is 3. The number of halogens is 1. The normalized spacial score (nSPS) is 18.4. The summed E-state index contributed by atoms with van der Waals surface area (Å²) in [6, 6.07) is 6.15. The minimum absolute atomic E-state index is 0.00614. The van der Waals surface area contributed by atoms with Crippen LogP contribution >= 0.6 is 0 Å². The molecule has 2 fully saturated rings. The van der Waals surface area contributed by atoms with Crippen LogP contribution in [0.15, 0.2) is 53.2 Å². The zero-order chi connectivity index (χ0) is 31.0. The number of allylic oxidation sites excluding steroid dienone is 1. The summed E-state index contributed by atoms with van der Waals surface area (Å²) < 4.78 is 17.4. The van der Waals surface area contributed by atoms with Crippen LogP contribution in [0.2, 0.25) is 0 Å². The van der Waals surface area contributed by atoms with Crippen LogP contribution in [0.3, 0.4) is 0 Å². The Morgan fingerprint density at radius 1 is 1.26 bits per heavy atom. The average molecular weight is 595 g/mol. The summed E-state index contributed by atoms with van der Waals surface area (Å²) in [7, 11) is 0. The molecule has 43 heavy (non-hydrogen) atoms. The molecule has 232 valence electrons. The van der Waals surface area contributed by atoms with E-state index in [1.807, 2.05) is 0 Å². The Morgan fingerprint density at radius 3 is 2.70 bits per heavy atom. The van der Waals surface area contributed by atoms with Crippen molar-refractivity contribution < 1.29 is 28.6 Å². The number of rotatable bonds is 13. The molecule has 0 aliphatic carbocycles. The van der Waals surface area contributed by atoms with Gasteiger partial charge in [0.15, 0.2) is 0 Å². The van der Waals surface area contributed by atoms with E-state index in [1.54, 1.807) is 36.1 Å². The van der Waals surface area contributed by atoms with E-state index in [1.165, 1.54) is 12.4 Å². The molecule has 3 rings (SSSR count). The number of alkyl halides is 1. The smallest absolute Gasteiger partial charge is 0.305 e. The highest BCUT2D eigenvalue weighted by atomic mass is 19.1. The molecule has 0 bridgehead atoms. The maximum absolute atomic E-state index is 13.2. The second kappa shape index (κ2) is 17.9. The largest absolute Gasteiger partial charge is 0.491 e.